The van der Waals surface area contributed by atoms with Gasteiger partial charge in [-0.05, 0) is 48.2 Å². The van der Waals surface area contributed by atoms with E-state index in [4.69, 9.17) is 0 Å². The van der Waals surface area contributed by atoms with Gasteiger partial charge >= 0.3 is 0 Å². The van der Waals surface area contributed by atoms with Gasteiger partial charge < -0.3 is 5.21 Å². The highest BCUT2D eigenvalue weighted by Crippen LogP contribution is 2.32. The SMILES string of the molecule is O=C1CC(c2ccc(F)cc2)Cc2c1c(=O)c1cc(F)ccc1n2O. The average Bonchev–Trinajstić information content (AvgIpc) is 2.59. The highest BCUT2D eigenvalue weighted by molar-refractivity contribution is 6.01. The Labute approximate surface area is 140 Å². The molecule has 1 aliphatic carbocycles. The monoisotopic (exact) mass is 341 g/mol. The third kappa shape index (κ3) is 2.41. The molecule has 0 radical (unpaired) electrons. The summed E-state index contributed by atoms with van der Waals surface area (Å²) in [5.41, 5.74) is 0.441. The molecule has 1 aliphatic rings. The molecular weight excluding hydrogens is 328 g/mol. The lowest BCUT2D eigenvalue weighted by Gasteiger charge is -2.25. The number of rotatable bonds is 1. The maximum atomic E-state index is 13.4. The summed E-state index contributed by atoms with van der Waals surface area (Å²) in [6.45, 7) is 0. The van der Waals surface area contributed by atoms with Crippen LogP contribution in [0.5, 0.6) is 0 Å². The molecule has 0 saturated heterocycles. The molecule has 1 atom stereocenters. The number of Topliss-reactive ketones (excluding diaryl/α,β-unsaturated/α-hetero) is 1. The van der Waals surface area contributed by atoms with Gasteiger partial charge in [0.15, 0.2) is 5.78 Å². The van der Waals surface area contributed by atoms with Crippen LogP contribution in [-0.2, 0) is 6.42 Å². The Balaban J connectivity index is 1.90. The van der Waals surface area contributed by atoms with Crippen molar-refractivity contribution in [1.29, 1.82) is 0 Å². The van der Waals surface area contributed by atoms with Crippen molar-refractivity contribution < 1.29 is 18.8 Å². The van der Waals surface area contributed by atoms with Crippen molar-refractivity contribution in [1.82, 2.24) is 4.73 Å². The molecule has 2 aromatic carbocycles. The zero-order chi connectivity index (χ0) is 17.7. The van der Waals surface area contributed by atoms with Crippen LogP contribution in [-0.4, -0.2) is 15.7 Å². The number of halogens is 2. The van der Waals surface area contributed by atoms with E-state index in [2.05, 4.69) is 0 Å². The topological polar surface area (TPSA) is 59.3 Å². The molecule has 0 saturated carbocycles. The Morgan fingerprint density at radius 3 is 2.36 bits per heavy atom. The highest BCUT2D eigenvalue weighted by Gasteiger charge is 2.32. The van der Waals surface area contributed by atoms with Crippen molar-refractivity contribution in [2.45, 2.75) is 18.8 Å². The molecule has 0 amide bonds. The predicted octanol–water partition coefficient (Wildman–Crippen LogP) is 3.43. The van der Waals surface area contributed by atoms with Crippen molar-refractivity contribution in [2.75, 3.05) is 0 Å². The van der Waals surface area contributed by atoms with Crippen molar-refractivity contribution in [2.24, 2.45) is 0 Å². The van der Waals surface area contributed by atoms with Gasteiger partial charge in [-0.3, -0.25) is 9.59 Å². The third-order valence-corrected chi connectivity index (χ3v) is 4.69. The number of ketones is 1. The van der Waals surface area contributed by atoms with Crippen molar-refractivity contribution in [3.63, 3.8) is 0 Å². The maximum Gasteiger partial charge on any atom is 0.200 e. The summed E-state index contributed by atoms with van der Waals surface area (Å²) in [5, 5.41) is 10.4. The number of carbonyl (C=O) groups is 1. The first kappa shape index (κ1) is 15.5. The molecule has 4 nitrogen and oxygen atoms in total. The molecule has 0 bridgehead atoms. The number of benzene rings is 2. The molecule has 1 aromatic heterocycles. The minimum absolute atomic E-state index is 0.0326. The van der Waals surface area contributed by atoms with E-state index in [1.807, 2.05) is 0 Å². The van der Waals surface area contributed by atoms with Gasteiger partial charge in [-0.1, -0.05) is 12.1 Å². The maximum absolute atomic E-state index is 13.4. The second-order valence-corrected chi connectivity index (χ2v) is 6.20. The van der Waals surface area contributed by atoms with Crippen LogP contribution < -0.4 is 5.43 Å². The first-order valence-electron chi connectivity index (χ1n) is 7.81. The Hall–Kier alpha value is -3.02. The van der Waals surface area contributed by atoms with E-state index < -0.39 is 17.0 Å². The van der Waals surface area contributed by atoms with Crippen LogP contribution in [0.15, 0.2) is 47.3 Å². The molecule has 1 heterocycles. The smallest absolute Gasteiger partial charge is 0.200 e. The van der Waals surface area contributed by atoms with Crippen LogP contribution >= 0.6 is 0 Å². The Morgan fingerprint density at radius 1 is 0.960 bits per heavy atom. The van der Waals surface area contributed by atoms with Crippen LogP contribution in [0.25, 0.3) is 10.9 Å². The van der Waals surface area contributed by atoms with Gasteiger partial charge in [-0.2, -0.15) is 4.73 Å². The molecule has 3 aromatic rings. The van der Waals surface area contributed by atoms with E-state index in [9.17, 15) is 23.6 Å². The van der Waals surface area contributed by atoms with E-state index >= 15 is 0 Å². The second kappa shape index (κ2) is 5.51. The van der Waals surface area contributed by atoms with Crippen molar-refractivity contribution >= 4 is 16.7 Å². The Kier molecular flexibility index (Phi) is 3.42. The molecule has 1 unspecified atom stereocenters. The summed E-state index contributed by atoms with van der Waals surface area (Å²) in [6, 6.07) is 9.27. The number of fused-ring (bicyclic) bond motifs is 2. The van der Waals surface area contributed by atoms with Gasteiger partial charge in [-0.15, -0.1) is 0 Å². The van der Waals surface area contributed by atoms with E-state index in [-0.39, 0.29) is 46.7 Å². The van der Waals surface area contributed by atoms with Crippen LogP contribution in [0, 0.1) is 11.6 Å². The van der Waals surface area contributed by atoms with Crippen molar-refractivity contribution in [3.05, 3.63) is 81.1 Å². The zero-order valence-corrected chi connectivity index (χ0v) is 13.0. The molecule has 0 fully saturated rings. The van der Waals surface area contributed by atoms with Gasteiger partial charge in [0.25, 0.3) is 0 Å². The number of carbonyl (C=O) groups excluding carboxylic acids is 1. The fraction of sp³-hybridized carbons (Fsp3) is 0.158. The van der Waals surface area contributed by atoms with Gasteiger partial charge in [0.05, 0.1) is 22.2 Å². The molecule has 6 heteroatoms. The summed E-state index contributed by atoms with van der Waals surface area (Å²) in [5.74, 6) is -1.67. The van der Waals surface area contributed by atoms with E-state index in [1.165, 1.54) is 18.2 Å². The molecular formula is C19H13F2NO3. The largest absolute Gasteiger partial charge is 0.428 e. The van der Waals surface area contributed by atoms with Gasteiger partial charge in [0, 0.05) is 6.42 Å². The van der Waals surface area contributed by atoms with Crippen LogP contribution in [0.4, 0.5) is 8.78 Å². The number of aromatic nitrogens is 1. The van der Waals surface area contributed by atoms with E-state index in [1.54, 1.807) is 12.1 Å². The molecule has 1 N–H and O–H groups in total. The number of nitrogens with zero attached hydrogens (tertiary/aromatic N) is 1. The van der Waals surface area contributed by atoms with Crippen LogP contribution in [0.1, 0.15) is 34.0 Å². The lowest BCUT2D eigenvalue weighted by atomic mass is 9.81. The zero-order valence-electron chi connectivity index (χ0n) is 13.0. The van der Waals surface area contributed by atoms with E-state index in [0.29, 0.717) is 0 Å². The number of hydrogen-bond acceptors (Lipinski definition) is 3. The van der Waals surface area contributed by atoms with Gasteiger partial charge in [0.1, 0.15) is 11.6 Å². The van der Waals surface area contributed by atoms with Gasteiger partial charge in [-0.25, -0.2) is 8.78 Å². The molecule has 0 spiro atoms. The third-order valence-electron chi connectivity index (χ3n) is 4.69. The fourth-order valence-electron chi connectivity index (χ4n) is 3.47. The predicted molar refractivity (Wildman–Crippen MR) is 87.1 cm³/mol. The van der Waals surface area contributed by atoms with Crippen molar-refractivity contribution in [3.8, 4) is 0 Å². The lowest BCUT2D eigenvalue weighted by molar-refractivity contribution is 0.0949. The first-order chi connectivity index (χ1) is 12.0. The summed E-state index contributed by atoms with van der Waals surface area (Å²) < 4.78 is 27.3. The molecule has 25 heavy (non-hydrogen) atoms. The second-order valence-electron chi connectivity index (χ2n) is 6.20. The van der Waals surface area contributed by atoms with Gasteiger partial charge in [0.2, 0.25) is 5.43 Å². The lowest BCUT2D eigenvalue weighted by Crippen LogP contribution is -2.30. The summed E-state index contributed by atoms with van der Waals surface area (Å²) in [4.78, 5) is 25.2. The molecule has 4 rings (SSSR count). The first-order valence-corrected chi connectivity index (χ1v) is 7.81. The number of hydrogen-bond donors (Lipinski definition) is 1. The Morgan fingerprint density at radius 2 is 1.64 bits per heavy atom. The minimum atomic E-state index is -0.614. The summed E-state index contributed by atoms with van der Waals surface area (Å²) in [7, 11) is 0. The highest BCUT2D eigenvalue weighted by atomic mass is 19.1. The quantitative estimate of drug-likeness (QED) is 0.690. The summed E-state index contributed by atoms with van der Waals surface area (Å²) >= 11 is 0. The van der Waals surface area contributed by atoms with Crippen LogP contribution in [0.3, 0.4) is 0 Å². The number of pyridine rings is 1. The minimum Gasteiger partial charge on any atom is -0.428 e. The molecule has 126 valence electrons. The average molecular weight is 341 g/mol. The normalized spacial score (nSPS) is 16.9. The standard InChI is InChI=1S/C19H13F2NO3/c20-12-3-1-10(2-4-12)11-7-16-18(17(23)8-11)19(24)14-9-13(21)5-6-15(14)22(16)25/h1-6,9,11,25H,7-8H2. The Bertz CT molecular complexity index is 1070. The van der Waals surface area contributed by atoms with Crippen LogP contribution in [0.2, 0.25) is 0 Å². The molecule has 0 aliphatic heterocycles. The van der Waals surface area contributed by atoms with E-state index in [0.717, 1.165) is 22.4 Å². The fourth-order valence-corrected chi connectivity index (χ4v) is 3.47. The summed E-state index contributed by atoms with van der Waals surface area (Å²) in [6.07, 6.45) is 0.334.